The monoisotopic (exact) mass is 368 g/mol. The Morgan fingerprint density at radius 2 is 1.85 bits per heavy atom. The molecule has 1 saturated heterocycles. The lowest BCUT2D eigenvalue weighted by atomic mass is 9.86. The highest BCUT2D eigenvalue weighted by atomic mass is 16.4. The van der Waals surface area contributed by atoms with Crippen LogP contribution in [0.2, 0.25) is 0 Å². The maximum atomic E-state index is 11.2. The molecule has 1 aliphatic rings. The van der Waals surface area contributed by atoms with E-state index in [-0.39, 0.29) is 11.3 Å². The Kier molecular flexibility index (Phi) is 5.35. The minimum absolute atomic E-state index is 0.00889. The van der Waals surface area contributed by atoms with E-state index in [1.54, 1.807) is 0 Å². The molecule has 0 spiro atoms. The first kappa shape index (κ1) is 19.1. The van der Waals surface area contributed by atoms with Gasteiger partial charge in [0.05, 0.1) is 5.92 Å². The molecule has 0 saturated carbocycles. The number of piperidine rings is 1. The molecule has 2 aromatic rings. The summed E-state index contributed by atoms with van der Waals surface area (Å²) in [5.74, 6) is 0.472. The van der Waals surface area contributed by atoms with Crippen LogP contribution < -0.4 is 10.2 Å². The standard InChI is InChI=1S/C21H28N4O2/c1-14-13-18(25-11-9-15(10-12-25)19(26)27)24-20(22-14)23-17-8-6-5-7-16(17)21(2,3)4/h5-8,13,15H,9-12H2,1-4H3,(H,26,27)(H,22,23,24). The highest BCUT2D eigenvalue weighted by molar-refractivity contribution is 5.70. The first-order valence-corrected chi connectivity index (χ1v) is 9.44. The summed E-state index contributed by atoms with van der Waals surface area (Å²) < 4.78 is 0. The fourth-order valence-corrected chi connectivity index (χ4v) is 3.49. The van der Waals surface area contributed by atoms with E-state index in [4.69, 9.17) is 4.98 Å². The van der Waals surface area contributed by atoms with Gasteiger partial charge in [-0.25, -0.2) is 4.98 Å². The lowest BCUT2D eigenvalue weighted by Gasteiger charge is -2.31. The van der Waals surface area contributed by atoms with Gasteiger partial charge in [0, 0.05) is 30.5 Å². The molecule has 2 N–H and O–H groups in total. The van der Waals surface area contributed by atoms with Gasteiger partial charge in [0.15, 0.2) is 0 Å². The van der Waals surface area contributed by atoms with Crippen LogP contribution in [-0.2, 0) is 10.2 Å². The van der Waals surface area contributed by atoms with Crippen molar-refractivity contribution in [1.29, 1.82) is 0 Å². The van der Waals surface area contributed by atoms with Crippen LogP contribution in [-0.4, -0.2) is 34.1 Å². The highest BCUT2D eigenvalue weighted by Crippen LogP contribution is 2.31. The summed E-state index contributed by atoms with van der Waals surface area (Å²) in [6.07, 6.45) is 1.29. The lowest BCUT2D eigenvalue weighted by molar-refractivity contribution is -0.142. The van der Waals surface area contributed by atoms with Crippen molar-refractivity contribution in [2.45, 2.75) is 46.0 Å². The van der Waals surface area contributed by atoms with Gasteiger partial charge in [0.25, 0.3) is 0 Å². The SMILES string of the molecule is Cc1cc(N2CCC(C(=O)O)CC2)nc(Nc2ccccc2C(C)(C)C)n1. The third-order valence-corrected chi connectivity index (χ3v) is 4.99. The van der Waals surface area contributed by atoms with Crippen molar-refractivity contribution in [3.05, 3.63) is 41.6 Å². The smallest absolute Gasteiger partial charge is 0.306 e. The summed E-state index contributed by atoms with van der Waals surface area (Å²) in [4.78, 5) is 22.6. The molecule has 6 nitrogen and oxygen atoms in total. The van der Waals surface area contributed by atoms with Crippen molar-refractivity contribution in [3.63, 3.8) is 0 Å². The molecule has 0 amide bonds. The fraction of sp³-hybridized carbons (Fsp3) is 0.476. The molecule has 27 heavy (non-hydrogen) atoms. The molecule has 1 aliphatic heterocycles. The molecule has 0 atom stereocenters. The number of aliphatic carboxylic acids is 1. The Hall–Kier alpha value is -2.63. The molecule has 0 aliphatic carbocycles. The van der Waals surface area contributed by atoms with Gasteiger partial charge in [-0.2, -0.15) is 4.98 Å². The molecule has 6 heteroatoms. The molecule has 1 aromatic heterocycles. The number of hydrogen-bond donors (Lipinski definition) is 2. The van der Waals surface area contributed by atoms with Crippen molar-refractivity contribution >= 4 is 23.4 Å². The maximum Gasteiger partial charge on any atom is 0.306 e. The molecule has 1 fully saturated rings. The Morgan fingerprint density at radius 3 is 2.48 bits per heavy atom. The third-order valence-electron chi connectivity index (χ3n) is 4.99. The van der Waals surface area contributed by atoms with Crippen LogP contribution in [0.1, 0.15) is 44.9 Å². The van der Waals surface area contributed by atoms with Gasteiger partial charge in [-0.3, -0.25) is 4.79 Å². The zero-order valence-electron chi connectivity index (χ0n) is 16.5. The first-order valence-electron chi connectivity index (χ1n) is 9.44. The number of anilines is 3. The minimum atomic E-state index is -0.699. The summed E-state index contributed by atoms with van der Waals surface area (Å²) in [5.41, 5.74) is 3.11. The van der Waals surface area contributed by atoms with Gasteiger partial charge in [-0.05, 0) is 36.8 Å². The number of nitrogens with zero attached hydrogens (tertiary/aromatic N) is 3. The Morgan fingerprint density at radius 1 is 1.19 bits per heavy atom. The minimum Gasteiger partial charge on any atom is -0.481 e. The van der Waals surface area contributed by atoms with E-state index >= 15 is 0 Å². The maximum absolute atomic E-state index is 11.2. The van der Waals surface area contributed by atoms with E-state index in [2.05, 4.69) is 42.0 Å². The van der Waals surface area contributed by atoms with Crippen molar-refractivity contribution in [2.24, 2.45) is 5.92 Å². The average Bonchev–Trinajstić information content (AvgIpc) is 2.61. The van der Waals surface area contributed by atoms with Gasteiger partial charge in [0.1, 0.15) is 5.82 Å². The number of benzene rings is 1. The predicted molar refractivity (Wildman–Crippen MR) is 108 cm³/mol. The highest BCUT2D eigenvalue weighted by Gasteiger charge is 2.25. The van der Waals surface area contributed by atoms with Crippen molar-refractivity contribution in [3.8, 4) is 0 Å². The first-order chi connectivity index (χ1) is 12.7. The molecule has 0 radical (unpaired) electrons. The number of para-hydroxylation sites is 1. The summed E-state index contributed by atoms with van der Waals surface area (Å²) in [7, 11) is 0. The van der Waals surface area contributed by atoms with Crippen LogP contribution in [0, 0.1) is 12.8 Å². The number of carboxylic acid groups (broad SMARTS) is 1. The quantitative estimate of drug-likeness (QED) is 0.845. The molecule has 3 rings (SSSR count). The van der Waals surface area contributed by atoms with Crippen molar-refractivity contribution < 1.29 is 9.90 Å². The van der Waals surface area contributed by atoms with Crippen molar-refractivity contribution in [1.82, 2.24) is 9.97 Å². The van der Waals surface area contributed by atoms with E-state index in [1.807, 2.05) is 31.2 Å². The lowest BCUT2D eigenvalue weighted by Crippen LogP contribution is -2.36. The van der Waals surface area contributed by atoms with E-state index in [9.17, 15) is 9.90 Å². The van der Waals surface area contributed by atoms with Crippen LogP contribution in [0.15, 0.2) is 30.3 Å². The van der Waals surface area contributed by atoms with Gasteiger partial charge in [0.2, 0.25) is 5.95 Å². The summed E-state index contributed by atoms with van der Waals surface area (Å²) in [6.45, 7) is 9.90. The number of aryl methyl sites for hydroxylation is 1. The molecule has 0 bridgehead atoms. The van der Waals surface area contributed by atoms with Crippen LogP contribution in [0.5, 0.6) is 0 Å². The topological polar surface area (TPSA) is 78.4 Å². The second kappa shape index (κ2) is 7.55. The molecule has 1 aromatic carbocycles. The Labute approximate surface area is 160 Å². The molecule has 2 heterocycles. The largest absolute Gasteiger partial charge is 0.481 e. The average molecular weight is 368 g/mol. The van der Waals surface area contributed by atoms with E-state index in [0.29, 0.717) is 31.9 Å². The van der Waals surface area contributed by atoms with Crippen LogP contribution >= 0.6 is 0 Å². The zero-order valence-corrected chi connectivity index (χ0v) is 16.5. The van der Waals surface area contributed by atoms with E-state index in [0.717, 1.165) is 17.2 Å². The summed E-state index contributed by atoms with van der Waals surface area (Å²) in [6, 6.07) is 10.2. The third kappa shape index (κ3) is 4.56. The molecular weight excluding hydrogens is 340 g/mol. The number of carboxylic acids is 1. The second-order valence-corrected chi connectivity index (χ2v) is 8.21. The van der Waals surface area contributed by atoms with E-state index in [1.165, 1.54) is 5.56 Å². The number of carbonyl (C=O) groups is 1. The fourth-order valence-electron chi connectivity index (χ4n) is 3.49. The summed E-state index contributed by atoms with van der Waals surface area (Å²) in [5, 5.41) is 12.6. The number of nitrogens with one attached hydrogen (secondary N) is 1. The number of aromatic nitrogens is 2. The van der Waals surface area contributed by atoms with Gasteiger partial charge < -0.3 is 15.3 Å². The van der Waals surface area contributed by atoms with Crippen LogP contribution in [0.3, 0.4) is 0 Å². The van der Waals surface area contributed by atoms with Gasteiger partial charge >= 0.3 is 5.97 Å². The zero-order chi connectivity index (χ0) is 19.6. The van der Waals surface area contributed by atoms with Gasteiger partial charge in [-0.15, -0.1) is 0 Å². The Balaban J connectivity index is 1.82. The predicted octanol–water partition coefficient (Wildman–Crippen LogP) is 4.13. The van der Waals surface area contributed by atoms with Crippen LogP contribution in [0.4, 0.5) is 17.5 Å². The number of rotatable bonds is 4. The molecule has 0 unspecified atom stereocenters. The molecular formula is C21H28N4O2. The number of hydrogen-bond acceptors (Lipinski definition) is 5. The second-order valence-electron chi connectivity index (χ2n) is 8.21. The molecule has 144 valence electrons. The summed E-state index contributed by atoms with van der Waals surface area (Å²) >= 11 is 0. The Bertz CT molecular complexity index is 821. The van der Waals surface area contributed by atoms with Gasteiger partial charge in [-0.1, -0.05) is 39.0 Å². The normalized spacial score (nSPS) is 15.6. The van der Waals surface area contributed by atoms with E-state index < -0.39 is 5.97 Å². The van der Waals surface area contributed by atoms with Crippen molar-refractivity contribution in [2.75, 3.05) is 23.3 Å². The van der Waals surface area contributed by atoms with Crippen LogP contribution in [0.25, 0.3) is 0 Å².